The lowest BCUT2D eigenvalue weighted by Crippen LogP contribution is -2.30. The van der Waals surface area contributed by atoms with E-state index in [9.17, 15) is 18.4 Å². The summed E-state index contributed by atoms with van der Waals surface area (Å²) in [6.07, 6.45) is -0.214. The molecule has 0 saturated carbocycles. The molecule has 0 spiro atoms. The molecule has 0 saturated heterocycles. The number of amides is 1. The van der Waals surface area contributed by atoms with Crippen LogP contribution in [0.2, 0.25) is 0 Å². The van der Waals surface area contributed by atoms with Crippen LogP contribution >= 0.6 is 0 Å². The van der Waals surface area contributed by atoms with E-state index in [0.29, 0.717) is 17.6 Å². The molecule has 0 aliphatic carbocycles. The Kier molecular flexibility index (Phi) is 4.83. The first-order chi connectivity index (χ1) is 10.5. The first kappa shape index (κ1) is 15.6. The smallest absolute Gasteiger partial charge is 0.265 e. The molecule has 1 atom stereocenters. The van der Waals surface area contributed by atoms with Crippen LogP contribution in [0.3, 0.4) is 0 Å². The van der Waals surface area contributed by atoms with Crippen LogP contribution in [0.5, 0.6) is 5.75 Å². The molecule has 1 N–H and O–H groups in total. The predicted octanol–water partition coefficient (Wildman–Crippen LogP) is 3.18. The monoisotopic (exact) mass is 305 g/mol. The minimum Gasteiger partial charge on any atom is -0.481 e. The molecule has 2 aromatic carbocycles. The molecule has 0 bridgehead atoms. The summed E-state index contributed by atoms with van der Waals surface area (Å²) in [5, 5.41) is 2.42. The quantitative estimate of drug-likeness (QED) is 0.863. The Balaban J connectivity index is 2.02. The molecular formula is C16H13F2NO3. The number of aldehydes is 1. The topological polar surface area (TPSA) is 55.4 Å². The largest absolute Gasteiger partial charge is 0.481 e. The van der Waals surface area contributed by atoms with Crippen molar-refractivity contribution in [3.63, 3.8) is 0 Å². The molecule has 0 aromatic heterocycles. The Morgan fingerprint density at radius 3 is 2.64 bits per heavy atom. The molecule has 1 unspecified atom stereocenters. The van der Waals surface area contributed by atoms with Crippen molar-refractivity contribution in [1.82, 2.24) is 0 Å². The average molecular weight is 305 g/mol. The summed E-state index contributed by atoms with van der Waals surface area (Å²) >= 11 is 0. The number of benzene rings is 2. The normalized spacial score (nSPS) is 11.6. The van der Waals surface area contributed by atoms with Gasteiger partial charge in [-0.25, -0.2) is 8.78 Å². The third-order valence-corrected chi connectivity index (χ3v) is 2.86. The van der Waals surface area contributed by atoms with E-state index in [2.05, 4.69) is 5.32 Å². The molecule has 1 amide bonds. The van der Waals surface area contributed by atoms with Crippen LogP contribution in [-0.4, -0.2) is 18.3 Å². The summed E-state index contributed by atoms with van der Waals surface area (Å²) in [5.41, 5.74) is 0.548. The molecule has 0 aliphatic rings. The number of hydrogen-bond donors (Lipinski definition) is 1. The molecule has 2 rings (SSSR count). The second kappa shape index (κ2) is 6.80. The standard InChI is InChI=1S/C16H13F2NO3/c1-10(22-13-4-2-3-11(7-13)9-20)16(21)19-12-5-6-14(17)15(18)8-12/h2-10H,1H3,(H,19,21). The van der Waals surface area contributed by atoms with Gasteiger partial charge in [-0.05, 0) is 31.2 Å². The zero-order valence-electron chi connectivity index (χ0n) is 11.7. The maximum atomic E-state index is 13.1. The maximum Gasteiger partial charge on any atom is 0.265 e. The van der Waals surface area contributed by atoms with Crippen molar-refractivity contribution in [3.05, 3.63) is 59.7 Å². The Morgan fingerprint density at radius 1 is 1.18 bits per heavy atom. The summed E-state index contributed by atoms with van der Waals surface area (Å²) in [5.74, 6) is -2.21. The van der Waals surface area contributed by atoms with Crippen LogP contribution in [0.1, 0.15) is 17.3 Å². The van der Waals surface area contributed by atoms with Gasteiger partial charge in [-0.3, -0.25) is 9.59 Å². The maximum absolute atomic E-state index is 13.1. The number of ether oxygens (including phenoxy) is 1. The van der Waals surface area contributed by atoms with E-state index in [1.807, 2.05) is 0 Å². The van der Waals surface area contributed by atoms with Gasteiger partial charge in [0, 0.05) is 17.3 Å². The zero-order valence-corrected chi connectivity index (χ0v) is 11.7. The minimum absolute atomic E-state index is 0.126. The molecular weight excluding hydrogens is 292 g/mol. The molecule has 0 radical (unpaired) electrons. The highest BCUT2D eigenvalue weighted by Crippen LogP contribution is 2.16. The second-order valence-corrected chi connectivity index (χ2v) is 4.57. The Bertz CT molecular complexity index is 704. The summed E-state index contributed by atoms with van der Waals surface area (Å²) in [4.78, 5) is 22.6. The lowest BCUT2D eigenvalue weighted by atomic mass is 10.2. The molecule has 4 nitrogen and oxygen atoms in total. The Morgan fingerprint density at radius 2 is 1.95 bits per heavy atom. The van der Waals surface area contributed by atoms with Crippen LogP contribution < -0.4 is 10.1 Å². The average Bonchev–Trinajstić information content (AvgIpc) is 2.51. The number of anilines is 1. The summed E-state index contributed by atoms with van der Waals surface area (Å²) in [7, 11) is 0. The van der Waals surface area contributed by atoms with Crippen molar-refractivity contribution in [2.45, 2.75) is 13.0 Å². The lowest BCUT2D eigenvalue weighted by molar-refractivity contribution is -0.122. The Hall–Kier alpha value is -2.76. The van der Waals surface area contributed by atoms with Gasteiger partial charge in [0.1, 0.15) is 12.0 Å². The van der Waals surface area contributed by atoms with Crippen LogP contribution in [0.25, 0.3) is 0 Å². The van der Waals surface area contributed by atoms with Crippen LogP contribution in [0.4, 0.5) is 14.5 Å². The van der Waals surface area contributed by atoms with E-state index >= 15 is 0 Å². The summed E-state index contributed by atoms with van der Waals surface area (Å²) in [6.45, 7) is 1.50. The van der Waals surface area contributed by atoms with Gasteiger partial charge in [0.25, 0.3) is 5.91 Å². The van der Waals surface area contributed by atoms with E-state index < -0.39 is 23.6 Å². The number of carbonyl (C=O) groups is 2. The Labute approximate surface area is 125 Å². The number of nitrogens with one attached hydrogen (secondary N) is 1. The zero-order chi connectivity index (χ0) is 16.1. The molecule has 114 valence electrons. The molecule has 0 aliphatic heterocycles. The van der Waals surface area contributed by atoms with Crippen LogP contribution in [-0.2, 0) is 4.79 Å². The third-order valence-electron chi connectivity index (χ3n) is 2.86. The van der Waals surface area contributed by atoms with Gasteiger partial charge < -0.3 is 10.1 Å². The minimum atomic E-state index is -1.05. The van der Waals surface area contributed by atoms with Crippen molar-refractivity contribution in [3.8, 4) is 5.75 Å². The third kappa shape index (κ3) is 3.88. The fourth-order valence-corrected chi connectivity index (χ4v) is 1.74. The van der Waals surface area contributed by atoms with Crippen LogP contribution in [0, 0.1) is 11.6 Å². The molecule has 0 fully saturated rings. The summed E-state index contributed by atoms with van der Waals surface area (Å²) in [6, 6.07) is 9.38. The number of rotatable bonds is 5. The molecule has 2 aromatic rings. The highest BCUT2D eigenvalue weighted by Gasteiger charge is 2.15. The second-order valence-electron chi connectivity index (χ2n) is 4.57. The van der Waals surface area contributed by atoms with Gasteiger partial charge in [-0.15, -0.1) is 0 Å². The number of halogens is 2. The van der Waals surface area contributed by atoms with Gasteiger partial charge in [0.15, 0.2) is 17.7 Å². The SMILES string of the molecule is CC(Oc1cccc(C=O)c1)C(=O)Nc1ccc(F)c(F)c1. The van der Waals surface area contributed by atoms with Gasteiger partial charge in [-0.2, -0.15) is 0 Å². The number of hydrogen-bond acceptors (Lipinski definition) is 3. The molecule has 6 heteroatoms. The van der Waals surface area contributed by atoms with E-state index in [1.54, 1.807) is 18.2 Å². The van der Waals surface area contributed by atoms with E-state index in [4.69, 9.17) is 4.74 Å². The van der Waals surface area contributed by atoms with Crippen molar-refractivity contribution in [1.29, 1.82) is 0 Å². The van der Waals surface area contributed by atoms with Crippen molar-refractivity contribution >= 4 is 17.9 Å². The fraction of sp³-hybridized carbons (Fsp3) is 0.125. The van der Waals surface area contributed by atoms with Crippen molar-refractivity contribution in [2.75, 3.05) is 5.32 Å². The first-order valence-electron chi connectivity index (χ1n) is 6.47. The van der Waals surface area contributed by atoms with Gasteiger partial charge in [0.2, 0.25) is 0 Å². The van der Waals surface area contributed by atoms with Gasteiger partial charge in [-0.1, -0.05) is 12.1 Å². The van der Waals surface area contributed by atoms with Crippen molar-refractivity contribution < 1.29 is 23.1 Å². The van der Waals surface area contributed by atoms with E-state index in [1.165, 1.54) is 19.1 Å². The first-order valence-corrected chi connectivity index (χ1v) is 6.47. The van der Waals surface area contributed by atoms with E-state index in [0.717, 1.165) is 12.1 Å². The van der Waals surface area contributed by atoms with Crippen molar-refractivity contribution in [2.24, 2.45) is 0 Å². The van der Waals surface area contributed by atoms with Gasteiger partial charge >= 0.3 is 0 Å². The van der Waals surface area contributed by atoms with Crippen LogP contribution in [0.15, 0.2) is 42.5 Å². The summed E-state index contributed by atoms with van der Waals surface area (Å²) < 4.78 is 31.3. The van der Waals surface area contributed by atoms with Gasteiger partial charge in [0.05, 0.1) is 0 Å². The molecule has 22 heavy (non-hydrogen) atoms. The molecule has 0 heterocycles. The highest BCUT2D eigenvalue weighted by molar-refractivity contribution is 5.94. The van der Waals surface area contributed by atoms with E-state index in [-0.39, 0.29) is 5.69 Å². The fourth-order valence-electron chi connectivity index (χ4n) is 1.74. The predicted molar refractivity (Wildman–Crippen MR) is 76.9 cm³/mol. The number of carbonyl (C=O) groups excluding carboxylic acids is 2. The highest BCUT2D eigenvalue weighted by atomic mass is 19.2. The lowest BCUT2D eigenvalue weighted by Gasteiger charge is -2.15.